The van der Waals surface area contributed by atoms with E-state index in [9.17, 15) is 4.79 Å². The third-order valence-corrected chi connectivity index (χ3v) is 4.34. The highest BCUT2D eigenvalue weighted by molar-refractivity contribution is 6.30. The Bertz CT molecular complexity index is 707. The maximum absolute atomic E-state index is 12.1. The first-order chi connectivity index (χ1) is 11.6. The third-order valence-electron chi connectivity index (χ3n) is 4.11. The molecule has 0 saturated carbocycles. The van der Waals surface area contributed by atoms with Crippen LogP contribution in [0.3, 0.4) is 0 Å². The van der Waals surface area contributed by atoms with Crippen LogP contribution in [0.15, 0.2) is 34.9 Å². The molecule has 6 nitrogen and oxygen atoms in total. The molecule has 1 atom stereocenters. The number of hydrogen-bond acceptors (Lipinski definition) is 5. The smallest absolute Gasteiger partial charge is 0.226 e. The van der Waals surface area contributed by atoms with Crippen LogP contribution < -0.4 is 10.6 Å². The number of carbonyl (C=O) groups excluding carboxylic acids is 1. The van der Waals surface area contributed by atoms with Crippen LogP contribution in [-0.2, 0) is 4.79 Å². The van der Waals surface area contributed by atoms with Crippen molar-refractivity contribution in [2.45, 2.75) is 19.4 Å². The van der Waals surface area contributed by atoms with E-state index in [0.29, 0.717) is 24.5 Å². The summed E-state index contributed by atoms with van der Waals surface area (Å²) in [4.78, 5) is 14.4. The molecule has 1 aromatic heterocycles. The number of nitrogens with one attached hydrogen (secondary N) is 2. The van der Waals surface area contributed by atoms with Crippen molar-refractivity contribution >= 4 is 35.7 Å². The van der Waals surface area contributed by atoms with Crippen LogP contribution in [-0.4, -0.2) is 42.1 Å². The average molecular weight is 385 g/mol. The maximum Gasteiger partial charge on any atom is 0.226 e. The first-order valence-corrected chi connectivity index (χ1v) is 8.43. The molecule has 1 aromatic carbocycles. The van der Waals surface area contributed by atoms with Gasteiger partial charge >= 0.3 is 0 Å². The SMILES string of the molecule is Cc1cc(NC(=O)CCN2CCNCC2c2cccc(Cl)c2)no1.Cl. The summed E-state index contributed by atoms with van der Waals surface area (Å²) in [5.74, 6) is 1.07. The molecule has 8 heteroatoms. The second kappa shape index (κ2) is 9.20. The van der Waals surface area contributed by atoms with Gasteiger partial charge in [0.1, 0.15) is 5.76 Å². The molecule has 0 aliphatic carbocycles. The van der Waals surface area contributed by atoms with Crippen LogP contribution >= 0.6 is 24.0 Å². The van der Waals surface area contributed by atoms with Crippen molar-refractivity contribution in [2.24, 2.45) is 0 Å². The van der Waals surface area contributed by atoms with Crippen LogP contribution in [0.2, 0.25) is 5.02 Å². The number of rotatable bonds is 5. The molecule has 0 bridgehead atoms. The Labute approximate surface area is 158 Å². The number of halogens is 2. The number of piperazine rings is 1. The summed E-state index contributed by atoms with van der Waals surface area (Å²) in [5, 5.41) is 10.7. The van der Waals surface area contributed by atoms with E-state index in [0.717, 1.165) is 24.7 Å². The van der Waals surface area contributed by atoms with Gasteiger partial charge in [-0.05, 0) is 24.6 Å². The summed E-state index contributed by atoms with van der Waals surface area (Å²) in [7, 11) is 0. The van der Waals surface area contributed by atoms with Crippen molar-refractivity contribution in [2.75, 3.05) is 31.5 Å². The van der Waals surface area contributed by atoms with Crippen molar-refractivity contribution in [1.29, 1.82) is 0 Å². The number of benzene rings is 1. The van der Waals surface area contributed by atoms with Crippen LogP contribution in [0.1, 0.15) is 23.8 Å². The Hall–Kier alpha value is -1.60. The van der Waals surface area contributed by atoms with E-state index in [1.54, 1.807) is 13.0 Å². The molecule has 1 aliphatic heterocycles. The lowest BCUT2D eigenvalue weighted by atomic mass is 10.0. The topological polar surface area (TPSA) is 70.4 Å². The van der Waals surface area contributed by atoms with Gasteiger partial charge in [0.05, 0.1) is 0 Å². The van der Waals surface area contributed by atoms with Crippen molar-refractivity contribution in [3.05, 3.63) is 46.7 Å². The Kier molecular flexibility index (Phi) is 7.25. The second-order valence-corrected chi connectivity index (χ2v) is 6.37. The van der Waals surface area contributed by atoms with Gasteiger partial charge in [-0.1, -0.05) is 28.9 Å². The van der Waals surface area contributed by atoms with Crippen LogP contribution in [0, 0.1) is 6.92 Å². The summed E-state index contributed by atoms with van der Waals surface area (Å²) in [6, 6.07) is 9.83. The minimum absolute atomic E-state index is 0. The van der Waals surface area contributed by atoms with Crippen molar-refractivity contribution in [3.63, 3.8) is 0 Å². The van der Waals surface area contributed by atoms with Crippen LogP contribution in [0.25, 0.3) is 0 Å². The van der Waals surface area contributed by atoms with E-state index in [1.165, 1.54) is 5.56 Å². The first-order valence-electron chi connectivity index (χ1n) is 8.05. The van der Waals surface area contributed by atoms with Gasteiger partial charge in [-0.15, -0.1) is 12.4 Å². The monoisotopic (exact) mass is 384 g/mol. The Balaban J connectivity index is 0.00000225. The molecule has 0 radical (unpaired) electrons. The number of nitrogens with zero attached hydrogens (tertiary/aromatic N) is 2. The predicted molar refractivity (Wildman–Crippen MR) is 100 cm³/mol. The molecule has 1 aliphatic rings. The lowest BCUT2D eigenvalue weighted by molar-refractivity contribution is -0.116. The molecule has 2 N–H and O–H groups in total. The Morgan fingerprint density at radius 3 is 3.04 bits per heavy atom. The predicted octanol–water partition coefficient (Wildman–Crippen LogP) is 3.03. The minimum atomic E-state index is -0.0633. The Morgan fingerprint density at radius 2 is 2.32 bits per heavy atom. The summed E-state index contributed by atoms with van der Waals surface area (Å²) < 4.78 is 4.95. The highest BCUT2D eigenvalue weighted by atomic mass is 35.5. The van der Waals surface area contributed by atoms with Gasteiger partial charge in [0.2, 0.25) is 5.91 Å². The quantitative estimate of drug-likeness (QED) is 0.828. The zero-order valence-corrected chi connectivity index (χ0v) is 15.6. The van der Waals surface area contributed by atoms with Gasteiger partial charge in [-0.3, -0.25) is 9.69 Å². The molecule has 2 aromatic rings. The summed E-state index contributed by atoms with van der Waals surface area (Å²) in [5.41, 5.74) is 1.17. The molecular weight excluding hydrogens is 363 g/mol. The highest BCUT2D eigenvalue weighted by Gasteiger charge is 2.24. The van der Waals surface area contributed by atoms with Crippen LogP contribution in [0.4, 0.5) is 5.82 Å². The van der Waals surface area contributed by atoms with E-state index in [4.69, 9.17) is 16.1 Å². The normalized spacial score (nSPS) is 17.8. The van der Waals surface area contributed by atoms with E-state index in [-0.39, 0.29) is 24.4 Å². The molecule has 1 fully saturated rings. The summed E-state index contributed by atoms with van der Waals surface area (Å²) in [6.07, 6.45) is 0.406. The number of carbonyl (C=O) groups is 1. The number of aromatic nitrogens is 1. The fourth-order valence-corrected chi connectivity index (χ4v) is 3.13. The van der Waals surface area contributed by atoms with E-state index < -0.39 is 0 Å². The van der Waals surface area contributed by atoms with Crippen molar-refractivity contribution in [1.82, 2.24) is 15.4 Å². The maximum atomic E-state index is 12.1. The molecule has 136 valence electrons. The van der Waals surface area contributed by atoms with Gasteiger partial charge in [-0.2, -0.15) is 0 Å². The lowest BCUT2D eigenvalue weighted by Gasteiger charge is -2.36. The van der Waals surface area contributed by atoms with Gasteiger partial charge in [0.25, 0.3) is 0 Å². The van der Waals surface area contributed by atoms with Crippen molar-refractivity contribution < 1.29 is 9.32 Å². The molecule has 1 amide bonds. The molecule has 0 spiro atoms. The van der Waals surface area contributed by atoms with Crippen molar-refractivity contribution in [3.8, 4) is 0 Å². The first kappa shape index (κ1) is 19.7. The standard InChI is InChI=1S/C17H21ClN4O2.ClH/c1-12-9-16(21-24-12)20-17(23)5-7-22-8-6-19-11-15(22)13-3-2-4-14(18)10-13;/h2-4,9-10,15,19H,5-8,11H2,1H3,(H,20,21,23);1H. The zero-order chi connectivity index (χ0) is 16.9. The number of anilines is 1. The summed E-state index contributed by atoms with van der Waals surface area (Å²) >= 11 is 6.11. The highest BCUT2D eigenvalue weighted by Crippen LogP contribution is 2.24. The third kappa shape index (κ3) is 5.44. The van der Waals surface area contributed by atoms with E-state index in [2.05, 4.69) is 26.8 Å². The van der Waals surface area contributed by atoms with Gasteiger partial charge < -0.3 is 15.2 Å². The zero-order valence-electron chi connectivity index (χ0n) is 14.0. The average Bonchev–Trinajstić information content (AvgIpc) is 2.98. The lowest BCUT2D eigenvalue weighted by Crippen LogP contribution is -2.46. The van der Waals surface area contributed by atoms with E-state index >= 15 is 0 Å². The van der Waals surface area contributed by atoms with Crippen LogP contribution in [0.5, 0.6) is 0 Å². The minimum Gasteiger partial charge on any atom is -0.360 e. The number of hydrogen-bond donors (Lipinski definition) is 2. The molecule has 25 heavy (non-hydrogen) atoms. The van der Waals surface area contributed by atoms with E-state index in [1.807, 2.05) is 18.2 Å². The molecule has 1 saturated heterocycles. The molecule has 2 heterocycles. The van der Waals surface area contributed by atoms with Gasteiger partial charge in [-0.25, -0.2) is 0 Å². The number of aryl methyl sites for hydroxylation is 1. The summed E-state index contributed by atoms with van der Waals surface area (Å²) in [6.45, 7) is 5.14. The molecule has 3 rings (SSSR count). The molecular formula is C17H22Cl2N4O2. The fourth-order valence-electron chi connectivity index (χ4n) is 2.93. The second-order valence-electron chi connectivity index (χ2n) is 5.93. The Morgan fingerprint density at radius 1 is 1.48 bits per heavy atom. The van der Waals surface area contributed by atoms with Gasteiger partial charge in [0, 0.05) is 49.7 Å². The molecule has 1 unspecified atom stereocenters. The number of amides is 1. The fraction of sp³-hybridized carbons (Fsp3) is 0.412. The van der Waals surface area contributed by atoms with Gasteiger partial charge in [0.15, 0.2) is 5.82 Å². The largest absolute Gasteiger partial charge is 0.360 e.